The maximum Gasteiger partial charge on any atom is 0.317 e. The number of aromatic nitrogens is 1. The van der Waals surface area contributed by atoms with Crippen molar-refractivity contribution >= 4 is 22.6 Å². The fourth-order valence-corrected chi connectivity index (χ4v) is 4.06. The molecule has 0 radical (unpaired) electrons. The van der Waals surface area contributed by atoms with Crippen LogP contribution in [0.4, 0.5) is 10.5 Å². The van der Waals surface area contributed by atoms with Crippen LogP contribution in [0, 0.1) is 13.8 Å². The Morgan fingerprint density at radius 1 is 1.04 bits per heavy atom. The summed E-state index contributed by atoms with van der Waals surface area (Å²) in [6.45, 7) is 8.18. The van der Waals surface area contributed by atoms with Gasteiger partial charge >= 0.3 is 6.03 Å². The number of urea groups is 1. The topological polar surface area (TPSA) is 51.4 Å². The van der Waals surface area contributed by atoms with E-state index in [1.165, 1.54) is 27.8 Å². The van der Waals surface area contributed by atoms with E-state index in [1.54, 1.807) is 0 Å². The van der Waals surface area contributed by atoms with Gasteiger partial charge in [-0.15, -0.1) is 0 Å². The van der Waals surface area contributed by atoms with Gasteiger partial charge in [-0.05, 0) is 55.2 Å². The van der Waals surface area contributed by atoms with Gasteiger partial charge in [0.15, 0.2) is 0 Å². The molecular formula is C23H28N4O. The number of rotatable bonds is 4. The van der Waals surface area contributed by atoms with Crippen LogP contribution in [0.2, 0.25) is 0 Å². The van der Waals surface area contributed by atoms with E-state index < -0.39 is 0 Å². The van der Waals surface area contributed by atoms with Crippen molar-refractivity contribution in [2.24, 2.45) is 0 Å². The number of aryl methyl sites for hydroxylation is 2. The Kier molecular flexibility index (Phi) is 5.24. The van der Waals surface area contributed by atoms with E-state index in [-0.39, 0.29) is 6.03 Å². The molecule has 0 atom stereocenters. The highest BCUT2D eigenvalue weighted by molar-refractivity contribution is 5.83. The van der Waals surface area contributed by atoms with Gasteiger partial charge in [-0.3, -0.25) is 0 Å². The Bertz CT molecular complexity index is 949. The van der Waals surface area contributed by atoms with Crippen molar-refractivity contribution in [3.8, 4) is 0 Å². The molecule has 2 amide bonds. The van der Waals surface area contributed by atoms with Crippen molar-refractivity contribution in [2.45, 2.75) is 20.3 Å². The molecule has 1 aliphatic rings. The maximum atomic E-state index is 12.5. The van der Waals surface area contributed by atoms with Crippen LogP contribution in [0.1, 0.15) is 16.7 Å². The van der Waals surface area contributed by atoms with Crippen LogP contribution in [0.3, 0.4) is 0 Å². The van der Waals surface area contributed by atoms with Gasteiger partial charge in [0.05, 0.1) is 0 Å². The number of piperazine rings is 1. The fourth-order valence-electron chi connectivity index (χ4n) is 4.06. The summed E-state index contributed by atoms with van der Waals surface area (Å²) >= 11 is 0. The Morgan fingerprint density at radius 2 is 1.75 bits per heavy atom. The van der Waals surface area contributed by atoms with Crippen molar-refractivity contribution in [3.63, 3.8) is 0 Å². The number of hydrogen-bond acceptors (Lipinski definition) is 2. The lowest BCUT2D eigenvalue weighted by Crippen LogP contribution is -2.52. The first-order chi connectivity index (χ1) is 13.6. The van der Waals surface area contributed by atoms with E-state index in [4.69, 9.17) is 0 Å². The molecule has 4 rings (SSSR count). The number of carbonyl (C=O) groups excluding carboxylic acids is 1. The van der Waals surface area contributed by atoms with Crippen molar-refractivity contribution in [2.75, 3.05) is 37.6 Å². The molecule has 5 heteroatoms. The highest BCUT2D eigenvalue weighted by atomic mass is 16.2. The van der Waals surface area contributed by atoms with E-state index in [2.05, 4.69) is 59.4 Å². The summed E-state index contributed by atoms with van der Waals surface area (Å²) in [4.78, 5) is 20.1. The largest absolute Gasteiger partial charge is 0.368 e. The molecule has 3 aromatic rings. The molecule has 2 aromatic carbocycles. The lowest BCUT2D eigenvalue weighted by molar-refractivity contribution is 0.194. The number of aromatic amines is 1. The van der Waals surface area contributed by atoms with Crippen LogP contribution >= 0.6 is 0 Å². The number of fused-ring (bicyclic) bond motifs is 1. The molecule has 5 nitrogen and oxygen atoms in total. The Balaban J connectivity index is 1.27. The number of benzene rings is 2. The standard InChI is InChI=1S/C23H28N4O/c1-17-13-18(2)15-20(14-17)26-9-11-27(12-10-26)23(28)24-8-7-19-16-25-22-6-4-3-5-21(19)22/h3-6,13-16,25H,7-12H2,1-2H3,(H,24,28). The molecule has 28 heavy (non-hydrogen) atoms. The minimum atomic E-state index is 0.0416. The third kappa shape index (κ3) is 3.98. The van der Waals surface area contributed by atoms with Gasteiger partial charge in [-0.1, -0.05) is 24.3 Å². The first-order valence-corrected chi connectivity index (χ1v) is 10.0. The van der Waals surface area contributed by atoms with Crippen molar-refractivity contribution in [1.29, 1.82) is 0 Å². The van der Waals surface area contributed by atoms with Crippen LogP contribution in [0.15, 0.2) is 48.7 Å². The number of carbonyl (C=O) groups is 1. The third-order valence-corrected chi connectivity index (χ3v) is 5.48. The second-order valence-corrected chi connectivity index (χ2v) is 7.66. The van der Waals surface area contributed by atoms with Gasteiger partial charge in [-0.2, -0.15) is 0 Å². The van der Waals surface area contributed by atoms with Crippen molar-refractivity contribution in [3.05, 3.63) is 65.4 Å². The quantitative estimate of drug-likeness (QED) is 0.726. The van der Waals surface area contributed by atoms with Crippen LogP contribution in [-0.2, 0) is 6.42 Å². The second-order valence-electron chi connectivity index (χ2n) is 7.66. The average molecular weight is 377 g/mol. The molecule has 0 aliphatic carbocycles. The van der Waals surface area contributed by atoms with Gasteiger partial charge < -0.3 is 20.1 Å². The second kappa shape index (κ2) is 7.97. The minimum Gasteiger partial charge on any atom is -0.368 e. The number of para-hydroxylation sites is 1. The van der Waals surface area contributed by atoms with Gasteiger partial charge in [0.2, 0.25) is 0 Å². The highest BCUT2D eigenvalue weighted by Gasteiger charge is 2.21. The van der Waals surface area contributed by atoms with Crippen LogP contribution in [0.5, 0.6) is 0 Å². The average Bonchev–Trinajstić information content (AvgIpc) is 3.10. The molecule has 1 aliphatic heterocycles. The fraction of sp³-hybridized carbons (Fsp3) is 0.348. The lowest BCUT2D eigenvalue weighted by atomic mass is 10.1. The molecule has 1 fully saturated rings. The molecule has 2 N–H and O–H groups in total. The maximum absolute atomic E-state index is 12.5. The summed E-state index contributed by atoms with van der Waals surface area (Å²) < 4.78 is 0. The SMILES string of the molecule is Cc1cc(C)cc(N2CCN(C(=O)NCCc3c[nH]c4ccccc34)CC2)c1. The van der Waals surface area contributed by atoms with E-state index in [0.717, 1.165) is 38.1 Å². The molecule has 2 heterocycles. The number of nitrogens with zero attached hydrogens (tertiary/aromatic N) is 2. The Morgan fingerprint density at radius 3 is 2.50 bits per heavy atom. The van der Waals surface area contributed by atoms with Crippen molar-refractivity contribution in [1.82, 2.24) is 15.2 Å². The molecule has 0 bridgehead atoms. The van der Waals surface area contributed by atoms with Crippen LogP contribution < -0.4 is 10.2 Å². The zero-order valence-corrected chi connectivity index (χ0v) is 16.7. The van der Waals surface area contributed by atoms with E-state index in [9.17, 15) is 4.79 Å². The molecule has 1 aromatic heterocycles. The molecule has 1 saturated heterocycles. The number of H-pyrrole nitrogens is 1. The number of anilines is 1. The Labute approximate surface area is 166 Å². The predicted molar refractivity (Wildman–Crippen MR) is 115 cm³/mol. The summed E-state index contributed by atoms with van der Waals surface area (Å²) in [7, 11) is 0. The van der Waals surface area contributed by atoms with E-state index >= 15 is 0 Å². The zero-order valence-electron chi connectivity index (χ0n) is 16.7. The number of hydrogen-bond donors (Lipinski definition) is 2. The summed E-state index contributed by atoms with van der Waals surface area (Å²) in [5.41, 5.74) is 6.22. The normalized spacial score (nSPS) is 14.5. The molecule has 0 saturated carbocycles. The highest BCUT2D eigenvalue weighted by Crippen LogP contribution is 2.20. The number of amides is 2. The van der Waals surface area contributed by atoms with Gasteiger partial charge in [-0.25, -0.2) is 4.79 Å². The molecule has 0 unspecified atom stereocenters. The summed E-state index contributed by atoms with van der Waals surface area (Å²) in [6, 6.07) is 15.0. The third-order valence-electron chi connectivity index (χ3n) is 5.48. The van der Waals surface area contributed by atoms with Gasteiger partial charge in [0.1, 0.15) is 0 Å². The number of nitrogens with one attached hydrogen (secondary N) is 2. The summed E-state index contributed by atoms with van der Waals surface area (Å²) in [5.74, 6) is 0. The molecule has 0 spiro atoms. The van der Waals surface area contributed by atoms with Gasteiger partial charge in [0, 0.05) is 55.5 Å². The van der Waals surface area contributed by atoms with Gasteiger partial charge in [0.25, 0.3) is 0 Å². The Hall–Kier alpha value is -2.95. The smallest absolute Gasteiger partial charge is 0.317 e. The summed E-state index contributed by atoms with van der Waals surface area (Å²) in [5, 5.41) is 4.32. The minimum absolute atomic E-state index is 0.0416. The predicted octanol–water partition coefficient (Wildman–Crippen LogP) is 3.86. The van der Waals surface area contributed by atoms with E-state index in [0.29, 0.717) is 6.54 Å². The zero-order chi connectivity index (χ0) is 19.5. The molecule has 146 valence electrons. The first kappa shape index (κ1) is 18.4. The molecular weight excluding hydrogens is 348 g/mol. The van der Waals surface area contributed by atoms with Crippen LogP contribution in [0.25, 0.3) is 10.9 Å². The van der Waals surface area contributed by atoms with Crippen molar-refractivity contribution < 1.29 is 4.79 Å². The monoisotopic (exact) mass is 376 g/mol. The summed E-state index contributed by atoms with van der Waals surface area (Å²) in [6.07, 6.45) is 2.87. The van der Waals surface area contributed by atoms with E-state index in [1.807, 2.05) is 23.2 Å². The van der Waals surface area contributed by atoms with Crippen LogP contribution in [-0.4, -0.2) is 48.6 Å². The lowest BCUT2D eigenvalue weighted by Gasteiger charge is -2.36. The first-order valence-electron chi connectivity index (χ1n) is 10.0.